The molecule has 0 saturated carbocycles. The van der Waals surface area contributed by atoms with Crippen molar-refractivity contribution in [3.05, 3.63) is 29.8 Å². The Morgan fingerprint density at radius 2 is 1.94 bits per heavy atom. The van der Waals surface area contributed by atoms with Crippen molar-refractivity contribution in [1.82, 2.24) is 5.32 Å². The highest BCUT2D eigenvalue weighted by atomic mass is 16.5. The molecule has 0 fully saturated rings. The first kappa shape index (κ1) is 14.5. The predicted octanol–water partition coefficient (Wildman–Crippen LogP) is 1.48. The zero-order chi connectivity index (χ0) is 13.5. The molecule has 0 spiro atoms. The number of carbonyl (C=O) groups is 1. The molecule has 0 aliphatic heterocycles. The van der Waals surface area contributed by atoms with Gasteiger partial charge in [-0.05, 0) is 24.1 Å². The van der Waals surface area contributed by atoms with Crippen LogP contribution in [-0.4, -0.2) is 24.6 Å². The third-order valence-corrected chi connectivity index (χ3v) is 2.63. The Hall–Kier alpha value is -1.55. The second kappa shape index (κ2) is 7.01. The summed E-state index contributed by atoms with van der Waals surface area (Å²) in [6, 6.07) is 7.58. The van der Waals surface area contributed by atoms with E-state index in [1.807, 2.05) is 38.1 Å². The maximum Gasteiger partial charge on any atom is 0.238 e. The number of benzene rings is 1. The number of amides is 1. The number of aryl methyl sites for hydroxylation is 1. The minimum atomic E-state index is -0.462. The van der Waals surface area contributed by atoms with Gasteiger partial charge in [0.2, 0.25) is 5.91 Å². The molecule has 0 aliphatic rings. The zero-order valence-corrected chi connectivity index (χ0v) is 11.3. The van der Waals surface area contributed by atoms with Crippen LogP contribution in [0.2, 0.25) is 0 Å². The summed E-state index contributed by atoms with van der Waals surface area (Å²) in [6.45, 7) is 6.28. The summed E-state index contributed by atoms with van der Waals surface area (Å²) >= 11 is 0. The summed E-state index contributed by atoms with van der Waals surface area (Å²) in [5, 5.41) is 3.07. The van der Waals surface area contributed by atoms with Crippen LogP contribution in [0.1, 0.15) is 26.3 Å². The molecular weight excluding hydrogens is 228 g/mol. The van der Waals surface area contributed by atoms with Crippen LogP contribution in [0.5, 0.6) is 5.75 Å². The van der Waals surface area contributed by atoms with Crippen molar-refractivity contribution in [3.63, 3.8) is 0 Å². The van der Waals surface area contributed by atoms with E-state index in [4.69, 9.17) is 10.5 Å². The van der Waals surface area contributed by atoms with Gasteiger partial charge in [-0.25, -0.2) is 0 Å². The second-order valence-corrected chi connectivity index (χ2v) is 4.58. The molecule has 1 rings (SSSR count). The van der Waals surface area contributed by atoms with Crippen LogP contribution in [0.15, 0.2) is 24.3 Å². The lowest BCUT2D eigenvalue weighted by molar-refractivity contribution is -0.120. The van der Waals surface area contributed by atoms with Crippen molar-refractivity contribution in [2.75, 3.05) is 6.61 Å². The van der Waals surface area contributed by atoms with Gasteiger partial charge in [0.15, 0.2) is 0 Å². The Kier molecular flexibility index (Phi) is 5.65. The van der Waals surface area contributed by atoms with Crippen LogP contribution in [-0.2, 0) is 11.2 Å². The molecule has 100 valence electrons. The molecule has 3 N–H and O–H groups in total. The fraction of sp³-hybridized carbons (Fsp3) is 0.500. The van der Waals surface area contributed by atoms with Gasteiger partial charge < -0.3 is 15.8 Å². The van der Waals surface area contributed by atoms with Crippen LogP contribution in [0.25, 0.3) is 0 Å². The van der Waals surface area contributed by atoms with Gasteiger partial charge in [-0.2, -0.15) is 0 Å². The number of carbonyl (C=O) groups excluding carboxylic acids is 1. The molecule has 1 atom stereocenters. The molecule has 4 nitrogen and oxygen atoms in total. The first-order chi connectivity index (χ1) is 8.52. The van der Waals surface area contributed by atoms with Crippen molar-refractivity contribution in [1.29, 1.82) is 0 Å². The highest BCUT2D eigenvalue weighted by Crippen LogP contribution is 2.12. The number of ether oxygens (including phenoxy) is 1. The van der Waals surface area contributed by atoms with E-state index in [0.717, 1.165) is 12.2 Å². The fourth-order valence-electron chi connectivity index (χ4n) is 1.62. The molecule has 0 saturated heterocycles. The van der Waals surface area contributed by atoms with E-state index in [2.05, 4.69) is 12.2 Å². The number of primary amides is 1. The van der Waals surface area contributed by atoms with Crippen molar-refractivity contribution >= 4 is 5.91 Å². The quantitative estimate of drug-likeness (QED) is 0.770. The smallest absolute Gasteiger partial charge is 0.238 e. The number of nitrogens with one attached hydrogen (secondary N) is 1. The minimum Gasteiger partial charge on any atom is -0.491 e. The highest BCUT2D eigenvalue weighted by Gasteiger charge is 2.16. The summed E-state index contributed by atoms with van der Waals surface area (Å²) < 4.78 is 5.57. The maximum atomic E-state index is 11.2. The summed E-state index contributed by atoms with van der Waals surface area (Å²) in [4.78, 5) is 11.2. The summed E-state index contributed by atoms with van der Waals surface area (Å²) in [5.74, 6) is 0.359. The number of nitrogens with two attached hydrogens (primary N) is 1. The molecule has 0 radical (unpaired) electrons. The lowest BCUT2D eigenvalue weighted by atomic mass is 10.2. The van der Waals surface area contributed by atoms with E-state index in [1.54, 1.807) is 0 Å². The van der Waals surface area contributed by atoms with Crippen LogP contribution in [0.4, 0.5) is 0 Å². The SMILES string of the molecule is CCc1ccc(OCC(NC(C)C)C(N)=O)cc1. The van der Waals surface area contributed by atoms with Crippen molar-refractivity contribution in [2.45, 2.75) is 39.3 Å². The average Bonchev–Trinajstić information content (AvgIpc) is 2.34. The molecular formula is C14H22N2O2. The van der Waals surface area contributed by atoms with E-state index in [1.165, 1.54) is 5.56 Å². The Bertz CT molecular complexity index is 374. The van der Waals surface area contributed by atoms with Crippen molar-refractivity contribution in [2.24, 2.45) is 5.73 Å². The fourth-order valence-corrected chi connectivity index (χ4v) is 1.62. The molecule has 0 bridgehead atoms. The third kappa shape index (κ3) is 4.75. The number of rotatable bonds is 7. The zero-order valence-electron chi connectivity index (χ0n) is 11.3. The maximum absolute atomic E-state index is 11.2. The lowest BCUT2D eigenvalue weighted by Crippen LogP contribution is -2.48. The van der Waals surface area contributed by atoms with E-state index in [0.29, 0.717) is 0 Å². The van der Waals surface area contributed by atoms with Gasteiger partial charge in [-0.3, -0.25) is 4.79 Å². The topological polar surface area (TPSA) is 64.3 Å². The minimum absolute atomic E-state index is 0.188. The van der Waals surface area contributed by atoms with Crippen LogP contribution in [0.3, 0.4) is 0 Å². The second-order valence-electron chi connectivity index (χ2n) is 4.58. The first-order valence-corrected chi connectivity index (χ1v) is 6.30. The van der Waals surface area contributed by atoms with Gasteiger partial charge in [-0.15, -0.1) is 0 Å². The molecule has 1 aromatic rings. The molecule has 1 unspecified atom stereocenters. The van der Waals surface area contributed by atoms with Gasteiger partial charge in [0.25, 0.3) is 0 Å². The monoisotopic (exact) mass is 250 g/mol. The molecule has 0 aliphatic carbocycles. The van der Waals surface area contributed by atoms with Gasteiger partial charge >= 0.3 is 0 Å². The standard InChI is InChI=1S/C14H22N2O2/c1-4-11-5-7-12(8-6-11)18-9-13(14(15)17)16-10(2)3/h5-8,10,13,16H,4,9H2,1-3H3,(H2,15,17). The van der Waals surface area contributed by atoms with E-state index in [9.17, 15) is 4.79 Å². The largest absolute Gasteiger partial charge is 0.491 e. The van der Waals surface area contributed by atoms with Crippen molar-refractivity contribution in [3.8, 4) is 5.75 Å². The lowest BCUT2D eigenvalue weighted by Gasteiger charge is -2.18. The normalized spacial score (nSPS) is 12.4. The average molecular weight is 250 g/mol. The Labute approximate surface area is 109 Å². The molecule has 18 heavy (non-hydrogen) atoms. The summed E-state index contributed by atoms with van der Waals surface area (Å²) in [5.41, 5.74) is 6.57. The molecule has 0 aromatic heterocycles. The number of hydrogen-bond acceptors (Lipinski definition) is 3. The predicted molar refractivity (Wildman–Crippen MR) is 72.6 cm³/mol. The Morgan fingerprint density at radius 1 is 1.33 bits per heavy atom. The van der Waals surface area contributed by atoms with Crippen LogP contribution < -0.4 is 15.8 Å². The number of hydrogen-bond donors (Lipinski definition) is 2. The van der Waals surface area contributed by atoms with Crippen LogP contribution >= 0.6 is 0 Å². The van der Waals surface area contributed by atoms with Gasteiger partial charge in [0.05, 0.1) is 0 Å². The molecule has 1 aromatic carbocycles. The first-order valence-electron chi connectivity index (χ1n) is 6.30. The van der Waals surface area contributed by atoms with E-state index < -0.39 is 11.9 Å². The van der Waals surface area contributed by atoms with Gasteiger partial charge in [0.1, 0.15) is 18.4 Å². The van der Waals surface area contributed by atoms with Crippen LogP contribution in [0, 0.1) is 0 Å². The van der Waals surface area contributed by atoms with E-state index in [-0.39, 0.29) is 12.6 Å². The third-order valence-electron chi connectivity index (χ3n) is 2.63. The Morgan fingerprint density at radius 3 is 2.39 bits per heavy atom. The summed E-state index contributed by atoms with van der Waals surface area (Å²) in [6.07, 6.45) is 0.999. The van der Waals surface area contributed by atoms with Gasteiger partial charge in [0, 0.05) is 6.04 Å². The Balaban J connectivity index is 2.52. The van der Waals surface area contributed by atoms with Gasteiger partial charge in [-0.1, -0.05) is 32.9 Å². The molecule has 4 heteroatoms. The molecule has 1 amide bonds. The summed E-state index contributed by atoms with van der Waals surface area (Å²) in [7, 11) is 0. The molecule has 0 heterocycles. The highest BCUT2D eigenvalue weighted by molar-refractivity contribution is 5.80. The van der Waals surface area contributed by atoms with Crippen molar-refractivity contribution < 1.29 is 9.53 Å². The van der Waals surface area contributed by atoms with E-state index >= 15 is 0 Å².